The van der Waals surface area contributed by atoms with Crippen LogP contribution in [0.5, 0.6) is 11.5 Å². The summed E-state index contributed by atoms with van der Waals surface area (Å²) in [5.74, 6) is 6.40. The van der Waals surface area contributed by atoms with E-state index < -0.39 is 5.82 Å². The molecule has 2 rings (SSSR count). The zero-order valence-electron chi connectivity index (χ0n) is 12.1. The van der Waals surface area contributed by atoms with E-state index in [0.29, 0.717) is 21.5 Å². The second-order valence-corrected chi connectivity index (χ2v) is 5.12. The van der Waals surface area contributed by atoms with Crippen molar-refractivity contribution in [1.82, 2.24) is 0 Å². The molecular formula is C15H15BrFN3O2. The van der Waals surface area contributed by atoms with Crippen molar-refractivity contribution in [3.63, 3.8) is 0 Å². The van der Waals surface area contributed by atoms with Crippen LogP contribution in [0.2, 0.25) is 0 Å². The lowest BCUT2D eigenvalue weighted by molar-refractivity contribution is 0.392. The lowest BCUT2D eigenvalue weighted by Gasteiger charge is -2.15. The van der Waals surface area contributed by atoms with Gasteiger partial charge in [0.1, 0.15) is 17.3 Å². The van der Waals surface area contributed by atoms with E-state index in [1.165, 1.54) is 13.2 Å². The summed E-state index contributed by atoms with van der Waals surface area (Å²) >= 11 is 3.39. The first-order valence-corrected chi connectivity index (χ1v) is 7.11. The fourth-order valence-electron chi connectivity index (χ4n) is 1.90. The second kappa shape index (κ2) is 7.13. The topological polar surface area (TPSA) is 68.9 Å². The van der Waals surface area contributed by atoms with Crippen molar-refractivity contribution >= 4 is 27.5 Å². The molecule has 0 atom stereocenters. The SMILES string of the molecule is COc1cc(OC)c(C(=NN)Nc2ccccc2F)cc1Br. The average molecular weight is 368 g/mol. The van der Waals surface area contributed by atoms with Crippen molar-refractivity contribution in [2.45, 2.75) is 0 Å². The summed E-state index contributed by atoms with van der Waals surface area (Å²) in [6, 6.07) is 9.67. The standard InChI is InChI=1S/C15H15BrFN3O2/c1-21-13-8-14(22-2)10(16)7-9(13)15(20-18)19-12-6-4-3-5-11(12)17/h3-8H,18H2,1-2H3,(H,19,20). The van der Waals surface area contributed by atoms with E-state index in [4.69, 9.17) is 15.3 Å². The van der Waals surface area contributed by atoms with Gasteiger partial charge < -0.3 is 20.6 Å². The maximum absolute atomic E-state index is 13.8. The van der Waals surface area contributed by atoms with Gasteiger partial charge in [-0.3, -0.25) is 0 Å². The molecule has 0 radical (unpaired) electrons. The Labute approximate surface area is 136 Å². The summed E-state index contributed by atoms with van der Waals surface area (Å²) in [5.41, 5.74) is 0.835. The first-order valence-electron chi connectivity index (χ1n) is 6.32. The molecular weight excluding hydrogens is 353 g/mol. The molecule has 0 fully saturated rings. The highest BCUT2D eigenvalue weighted by molar-refractivity contribution is 9.10. The third-order valence-corrected chi connectivity index (χ3v) is 3.60. The number of amidine groups is 1. The van der Waals surface area contributed by atoms with Crippen molar-refractivity contribution in [3.8, 4) is 11.5 Å². The molecule has 0 aliphatic heterocycles. The van der Waals surface area contributed by atoms with Crippen molar-refractivity contribution in [1.29, 1.82) is 0 Å². The molecule has 0 heterocycles. The van der Waals surface area contributed by atoms with Gasteiger partial charge >= 0.3 is 0 Å². The van der Waals surface area contributed by atoms with Crippen molar-refractivity contribution in [2.75, 3.05) is 19.5 Å². The van der Waals surface area contributed by atoms with Crippen LogP contribution in [0.3, 0.4) is 0 Å². The van der Waals surface area contributed by atoms with Gasteiger partial charge in [-0.1, -0.05) is 12.1 Å². The van der Waals surface area contributed by atoms with Gasteiger partial charge in [0.05, 0.1) is 29.9 Å². The smallest absolute Gasteiger partial charge is 0.161 e. The van der Waals surface area contributed by atoms with Gasteiger partial charge in [-0.15, -0.1) is 0 Å². The monoisotopic (exact) mass is 367 g/mol. The first kappa shape index (κ1) is 16.1. The molecule has 2 aromatic rings. The molecule has 0 saturated carbocycles. The van der Waals surface area contributed by atoms with Crippen LogP contribution < -0.4 is 20.6 Å². The number of halogens is 2. The Morgan fingerprint density at radius 3 is 2.45 bits per heavy atom. The number of hydrogen-bond acceptors (Lipinski definition) is 4. The van der Waals surface area contributed by atoms with Crippen LogP contribution in [0.4, 0.5) is 10.1 Å². The van der Waals surface area contributed by atoms with Crippen LogP contribution in [0.1, 0.15) is 5.56 Å². The fraction of sp³-hybridized carbons (Fsp3) is 0.133. The summed E-state index contributed by atoms with van der Waals surface area (Å²) in [5, 5.41) is 6.56. The van der Waals surface area contributed by atoms with Gasteiger partial charge in [-0.05, 0) is 34.1 Å². The third-order valence-electron chi connectivity index (χ3n) is 2.99. The normalized spacial score (nSPS) is 11.2. The minimum atomic E-state index is -0.407. The number of benzene rings is 2. The minimum absolute atomic E-state index is 0.265. The molecule has 0 aromatic heterocycles. The predicted molar refractivity (Wildman–Crippen MR) is 88.0 cm³/mol. The average Bonchev–Trinajstić information content (AvgIpc) is 2.54. The number of methoxy groups -OCH3 is 2. The molecule has 0 spiro atoms. The number of anilines is 1. The van der Waals surface area contributed by atoms with Crippen molar-refractivity contribution < 1.29 is 13.9 Å². The van der Waals surface area contributed by atoms with Crippen LogP contribution in [0, 0.1) is 5.82 Å². The molecule has 5 nitrogen and oxygen atoms in total. The van der Waals surface area contributed by atoms with E-state index in [-0.39, 0.29) is 11.5 Å². The van der Waals surface area contributed by atoms with Gasteiger partial charge in [0.2, 0.25) is 0 Å². The molecule has 0 aliphatic carbocycles. The molecule has 3 N–H and O–H groups in total. The van der Waals surface area contributed by atoms with E-state index in [1.54, 1.807) is 37.4 Å². The lowest BCUT2D eigenvalue weighted by atomic mass is 10.1. The van der Waals surface area contributed by atoms with E-state index in [9.17, 15) is 4.39 Å². The fourth-order valence-corrected chi connectivity index (χ4v) is 2.41. The van der Waals surface area contributed by atoms with Crippen LogP contribution in [-0.4, -0.2) is 20.1 Å². The summed E-state index contributed by atoms with van der Waals surface area (Å²) in [7, 11) is 3.07. The van der Waals surface area contributed by atoms with Crippen LogP contribution >= 0.6 is 15.9 Å². The van der Waals surface area contributed by atoms with E-state index in [0.717, 1.165) is 0 Å². The molecule has 0 unspecified atom stereocenters. The lowest BCUT2D eigenvalue weighted by Crippen LogP contribution is -2.17. The Kier molecular flexibility index (Phi) is 5.21. The molecule has 0 aliphatic rings. The quantitative estimate of drug-likeness (QED) is 0.376. The maximum atomic E-state index is 13.8. The van der Waals surface area contributed by atoms with Crippen molar-refractivity contribution in [2.24, 2.45) is 10.9 Å². The highest BCUT2D eigenvalue weighted by atomic mass is 79.9. The highest BCUT2D eigenvalue weighted by Gasteiger charge is 2.16. The Bertz CT molecular complexity index is 707. The summed E-state index contributed by atoms with van der Waals surface area (Å²) < 4.78 is 25.0. The van der Waals surface area contributed by atoms with Gasteiger partial charge in [0.25, 0.3) is 0 Å². The van der Waals surface area contributed by atoms with Gasteiger partial charge in [0, 0.05) is 6.07 Å². The van der Waals surface area contributed by atoms with Crippen LogP contribution in [-0.2, 0) is 0 Å². The summed E-state index contributed by atoms with van der Waals surface area (Å²) in [6.45, 7) is 0. The molecule has 22 heavy (non-hydrogen) atoms. The van der Waals surface area contributed by atoms with E-state index in [2.05, 4.69) is 26.3 Å². The molecule has 116 valence electrons. The number of ether oxygens (including phenoxy) is 2. The zero-order chi connectivity index (χ0) is 16.1. The number of hydrogen-bond donors (Lipinski definition) is 2. The van der Waals surface area contributed by atoms with Crippen LogP contribution in [0.15, 0.2) is 46.0 Å². The molecule has 0 saturated heterocycles. The molecule has 0 amide bonds. The number of nitrogens with one attached hydrogen (secondary N) is 1. The Morgan fingerprint density at radius 2 is 1.86 bits per heavy atom. The Hall–Kier alpha value is -2.28. The van der Waals surface area contributed by atoms with Gasteiger partial charge in [-0.2, -0.15) is 5.10 Å². The number of nitrogens with zero attached hydrogens (tertiary/aromatic N) is 1. The number of rotatable bonds is 4. The third kappa shape index (κ3) is 3.30. The molecule has 7 heteroatoms. The predicted octanol–water partition coefficient (Wildman–Crippen LogP) is 3.34. The maximum Gasteiger partial charge on any atom is 0.161 e. The molecule has 0 bridgehead atoms. The van der Waals surface area contributed by atoms with Gasteiger partial charge in [0.15, 0.2) is 5.84 Å². The molecule has 2 aromatic carbocycles. The minimum Gasteiger partial charge on any atom is -0.496 e. The Balaban J connectivity index is 2.44. The number of nitrogens with two attached hydrogens (primary N) is 1. The van der Waals surface area contributed by atoms with E-state index >= 15 is 0 Å². The largest absolute Gasteiger partial charge is 0.496 e. The first-order chi connectivity index (χ1) is 10.6. The summed E-state index contributed by atoms with van der Waals surface area (Å²) in [4.78, 5) is 0. The number of para-hydroxylation sites is 1. The summed E-state index contributed by atoms with van der Waals surface area (Å²) in [6.07, 6.45) is 0. The van der Waals surface area contributed by atoms with Crippen LogP contribution in [0.25, 0.3) is 0 Å². The Morgan fingerprint density at radius 1 is 1.18 bits per heavy atom. The number of hydrazone groups is 1. The van der Waals surface area contributed by atoms with Gasteiger partial charge in [-0.25, -0.2) is 4.39 Å². The highest BCUT2D eigenvalue weighted by Crippen LogP contribution is 2.33. The van der Waals surface area contributed by atoms with E-state index in [1.807, 2.05) is 0 Å². The zero-order valence-corrected chi connectivity index (χ0v) is 13.6. The second-order valence-electron chi connectivity index (χ2n) is 4.27. The van der Waals surface area contributed by atoms with Crippen molar-refractivity contribution in [3.05, 3.63) is 52.3 Å².